The predicted octanol–water partition coefficient (Wildman–Crippen LogP) is 2.96. The lowest BCUT2D eigenvalue weighted by Gasteiger charge is -2.25. The number of carboxylic acid groups (broad SMARTS) is 1. The summed E-state index contributed by atoms with van der Waals surface area (Å²) in [6.07, 6.45) is 0. The Kier molecular flexibility index (Phi) is 8.38. The second-order valence-corrected chi connectivity index (χ2v) is 9.29. The van der Waals surface area contributed by atoms with E-state index in [0.717, 1.165) is 4.90 Å². The fourth-order valence-electron chi connectivity index (χ4n) is 3.59. The number of hydrogen-bond acceptors (Lipinski definition) is 8. The number of ether oxygens (including phenoxy) is 4. The van der Waals surface area contributed by atoms with E-state index in [1.54, 1.807) is 40.0 Å². The molecule has 0 spiro atoms. The third-order valence-corrected chi connectivity index (χ3v) is 5.20. The van der Waals surface area contributed by atoms with Gasteiger partial charge in [-0.2, -0.15) is 0 Å². The molecular weight excluding hydrogens is 484 g/mol. The number of hydrogen-bond donors (Lipinski definition) is 1. The van der Waals surface area contributed by atoms with Crippen molar-refractivity contribution in [3.8, 4) is 17.2 Å². The molecule has 198 valence electrons. The Morgan fingerprint density at radius 1 is 1.11 bits per heavy atom. The number of rotatable bonds is 9. The number of nitrogens with zero attached hydrogens (tertiary/aromatic N) is 2. The fraction of sp³-hybridized carbons (Fsp3) is 0.385. The van der Waals surface area contributed by atoms with Gasteiger partial charge in [0, 0.05) is 26.3 Å². The van der Waals surface area contributed by atoms with Crippen molar-refractivity contribution in [2.24, 2.45) is 0 Å². The maximum atomic E-state index is 13.8. The second kappa shape index (κ2) is 11.3. The van der Waals surface area contributed by atoms with Crippen LogP contribution in [-0.2, 0) is 19.1 Å². The average molecular weight is 515 g/mol. The summed E-state index contributed by atoms with van der Waals surface area (Å²) in [6, 6.07) is 9.06. The smallest absolute Gasteiger partial charge is 0.341 e. The first-order valence-electron chi connectivity index (χ1n) is 11.5. The highest BCUT2D eigenvalue weighted by Gasteiger charge is 2.34. The molecule has 0 radical (unpaired) electrons. The highest BCUT2D eigenvalue weighted by molar-refractivity contribution is 6.13. The van der Waals surface area contributed by atoms with Gasteiger partial charge in [-0.1, -0.05) is 6.07 Å². The largest absolute Gasteiger partial charge is 0.481 e. The molecule has 2 amide bonds. The van der Waals surface area contributed by atoms with Crippen LogP contribution in [0.5, 0.6) is 17.2 Å². The number of benzene rings is 2. The first-order chi connectivity index (χ1) is 17.4. The zero-order valence-electron chi connectivity index (χ0n) is 21.4. The van der Waals surface area contributed by atoms with Crippen LogP contribution in [0.1, 0.15) is 41.5 Å². The number of methoxy groups -OCH3 is 1. The molecule has 2 aromatic rings. The van der Waals surface area contributed by atoms with E-state index in [-0.39, 0.29) is 40.0 Å². The summed E-state index contributed by atoms with van der Waals surface area (Å²) in [6.45, 7) is 4.61. The molecule has 0 unspecified atom stereocenters. The lowest BCUT2D eigenvalue weighted by Crippen LogP contribution is -2.39. The molecule has 37 heavy (non-hydrogen) atoms. The van der Waals surface area contributed by atoms with Gasteiger partial charge in [-0.25, -0.2) is 4.79 Å². The summed E-state index contributed by atoms with van der Waals surface area (Å²) < 4.78 is 21.8. The van der Waals surface area contributed by atoms with E-state index in [9.17, 15) is 19.2 Å². The summed E-state index contributed by atoms with van der Waals surface area (Å²) in [5.41, 5.74) is -0.437. The second-order valence-electron chi connectivity index (χ2n) is 9.29. The molecule has 0 fully saturated rings. The van der Waals surface area contributed by atoms with Crippen LogP contribution >= 0.6 is 0 Å². The molecule has 1 N–H and O–H groups in total. The van der Waals surface area contributed by atoms with Crippen LogP contribution in [0.2, 0.25) is 0 Å². The Morgan fingerprint density at radius 2 is 1.84 bits per heavy atom. The van der Waals surface area contributed by atoms with Crippen LogP contribution < -0.4 is 14.4 Å². The van der Waals surface area contributed by atoms with Gasteiger partial charge in [0.1, 0.15) is 29.2 Å². The Balaban J connectivity index is 2.09. The molecule has 3 rings (SSSR count). The number of carbonyl (C=O) groups is 4. The first kappa shape index (κ1) is 27.5. The summed E-state index contributed by atoms with van der Waals surface area (Å²) in [5, 5.41) is 9.05. The fourth-order valence-corrected chi connectivity index (χ4v) is 3.59. The Morgan fingerprint density at radius 3 is 2.49 bits per heavy atom. The number of fused-ring (bicyclic) bond motifs is 2. The number of anilines is 1. The Labute approximate surface area is 214 Å². The molecule has 0 saturated carbocycles. The number of carboxylic acids is 1. The van der Waals surface area contributed by atoms with E-state index in [4.69, 9.17) is 24.1 Å². The normalized spacial score (nSPS) is 12.6. The minimum Gasteiger partial charge on any atom is -0.481 e. The Hall–Kier alpha value is -4.12. The highest BCUT2D eigenvalue weighted by Crippen LogP contribution is 2.42. The lowest BCUT2D eigenvalue weighted by molar-refractivity contribution is -0.152. The molecule has 1 aliphatic heterocycles. The van der Waals surface area contributed by atoms with Gasteiger partial charge in [-0.15, -0.1) is 0 Å². The maximum Gasteiger partial charge on any atom is 0.341 e. The van der Waals surface area contributed by atoms with E-state index in [1.807, 2.05) is 0 Å². The van der Waals surface area contributed by atoms with Gasteiger partial charge in [0.15, 0.2) is 12.4 Å². The van der Waals surface area contributed by atoms with E-state index >= 15 is 0 Å². The topological polar surface area (TPSA) is 132 Å². The van der Waals surface area contributed by atoms with E-state index in [2.05, 4.69) is 0 Å². The monoisotopic (exact) mass is 514 g/mol. The average Bonchev–Trinajstić information content (AvgIpc) is 2.93. The zero-order valence-corrected chi connectivity index (χ0v) is 21.4. The van der Waals surface area contributed by atoms with Gasteiger partial charge in [0.05, 0.1) is 12.3 Å². The van der Waals surface area contributed by atoms with Crippen molar-refractivity contribution in [2.75, 3.05) is 45.4 Å². The molecule has 0 aliphatic carbocycles. The quantitative estimate of drug-likeness (QED) is 0.502. The third-order valence-electron chi connectivity index (χ3n) is 5.20. The highest BCUT2D eigenvalue weighted by atomic mass is 16.6. The zero-order chi connectivity index (χ0) is 27.3. The van der Waals surface area contributed by atoms with E-state index in [0.29, 0.717) is 13.2 Å². The number of carbonyl (C=O) groups excluding carboxylic acids is 3. The third kappa shape index (κ3) is 6.76. The molecule has 0 bridgehead atoms. The van der Waals surface area contributed by atoms with Gasteiger partial charge >= 0.3 is 11.9 Å². The lowest BCUT2D eigenvalue weighted by atomic mass is 10.1. The van der Waals surface area contributed by atoms with Crippen molar-refractivity contribution >= 4 is 29.4 Å². The molecule has 0 saturated heterocycles. The number of esters is 1. The van der Waals surface area contributed by atoms with Crippen LogP contribution in [0.15, 0.2) is 36.4 Å². The van der Waals surface area contributed by atoms with Crippen LogP contribution in [0.4, 0.5) is 5.69 Å². The van der Waals surface area contributed by atoms with Crippen molar-refractivity contribution in [2.45, 2.75) is 26.4 Å². The first-order valence-corrected chi connectivity index (χ1v) is 11.5. The van der Waals surface area contributed by atoms with Gasteiger partial charge < -0.3 is 29.0 Å². The van der Waals surface area contributed by atoms with Crippen molar-refractivity contribution < 1.29 is 43.2 Å². The summed E-state index contributed by atoms with van der Waals surface area (Å²) >= 11 is 0. The number of likely N-dealkylation sites (N-methyl/N-ethyl adjacent to an activating group) is 1. The SMILES string of the molecule is COCCN(C)C(=O)c1ccc2c(c1)N(CC(=O)OC(C)(C)C)C(=O)c1c(OCC(=O)O)cccc1O2. The van der Waals surface area contributed by atoms with Crippen molar-refractivity contribution in [1.82, 2.24) is 4.90 Å². The summed E-state index contributed by atoms with van der Waals surface area (Å²) in [7, 11) is 3.15. The molecular formula is C26H30N2O9. The van der Waals surface area contributed by atoms with Gasteiger partial charge in [0.2, 0.25) is 0 Å². The molecule has 0 atom stereocenters. The van der Waals surface area contributed by atoms with Crippen molar-refractivity contribution in [3.05, 3.63) is 47.5 Å². The van der Waals surface area contributed by atoms with Gasteiger partial charge in [-0.05, 0) is 51.1 Å². The predicted molar refractivity (Wildman–Crippen MR) is 132 cm³/mol. The van der Waals surface area contributed by atoms with E-state index < -0.39 is 36.6 Å². The van der Waals surface area contributed by atoms with Crippen LogP contribution in [-0.4, -0.2) is 79.8 Å². The van der Waals surface area contributed by atoms with Crippen molar-refractivity contribution in [1.29, 1.82) is 0 Å². The minimum absolute atomic E-state index is 0.0255. The van der Waals surface area contributed by atoms with Gasteiger partial charge in [0.25, 0.3) is 11.8 Å². The molecule has 11 nitrogen and oxygen atoms in total. The molecule has 2 aromatic carbocycles. The number of amides is 2. The van der Waals surface area contributed by atoms with Crippen molar-refractivity contribution in [3.63, 3.8) is 0 Å². The summed E-state index contributed by atoms with van der Waals surface area (Å²) in [4.78, 5) is 53.3. The molecule has 11 heteroatoms. The molecule has 1 heterocycles. The van der Waals surface area contributed by atoms with Gasteiger partial charge in [-0.3, -0.25) is 19.3 Å². The van der Waals surface area contributed by atoms with Crippen LogP contribution in [0.25, 0.3) is 0 Å². The van der Waals surface area contributed by atoms with E-state index in [1.165, 1.54) is 36.3 Å². The standard InChI is InChI=1S/C26H30N2O9/c1-26(2,3)37-22(31)14-28-17-13-16(24(32)27(4)11-12-34-5)9-10-18(17)36-20-8-6-7-19(23(20)25(28)33)35-15-21(29)30/h6-10,13H,11-12,14-15H2,1-5H3,(H,29,30). The Bertz CT molecular complexity index is 1200. The molecule has 1 aliphatic rings. The molecule has 0 aromatic heterocycles. The van der Waals surface area contributed by atoms with Crippen LogP contribution in [0, 0.1) is 0 Å². The summed E-state index contributed by atoms with van der Waals surface area (Å²) in [5.74, 6) is -2.63. The van der Waals surface area contributed by atoms with Crippen LogP contribution in [0.3, 0.4) is 0 Å². The minimum atomic E-state index is -1.23. The number of aliphatic carboxylic acids is 1. The maximum absolute atomic E-state index is 13.8.